The lowest BCUT2D eigenvalue weighted by atomic mass is 10.1. The minimum absolute atomic E-state index is 0.00644. The van der Waals surface area contributed by atoms with Crippen molar-refractivity contribution in [2.45, 2.75) is 25.4 Å². The van der Waals surface area contributed by atoms with Crippen molar-refractivity contribution in [3.05, 3.63) is 103 Å². The van der Waals surface area contributed by atoms with E-state index in [1.165, 1.54) is 29.7 Å². The lowest BCUT2D eigenvalue weighted by Crippen LogP contribution is -2.29. The van der Waals surface area contributed by atoms with Gasteiger partial charge in [0.1, 0.15) is 16.5 Å². The number of pyridine rings is 1. The first-order valence-corrected chi connectivity index (χ1v) is 12.3. The van der Waals surface area contributed by atoms with E-state index >= 15 is 0 Å². The number of rotatable bonds is 8. The maximum Gasteiger partial charge on any atom is 0.416 e. The zero-order valence-corrected chi connectivity index (χ0v) is 21.1. The van der Waals surface area contributed by atoms with Crippen molar-refractivity contribution in [3.8, 4) is 0 Å². The molecule has 1 unspecified atom stereocenters. The molecule has 2 heterocycles. The molecule has 0 saturated heterocycles. The molecule has 2 aromatic carbocycles. The normalized spacial score (nSPS) is 12.6. The Labute approximate surface area is 218 Å². The van der Waals surface area contributed by atoms with Gasteiger partial charge in [0.25, 0.3) is 5.91 Å². The van der Waals surface area contributed by atoms with Crippen LogP contribution in [0.25, 0.3) is 10.2 Å². The summed E-state index contributed by atoms with van der Waals surface area (Å²) >= 11 is 7.18. The van der Waals surface area contributed by atoms with Gasteiger partial charge in [-0.15, -0.1) is 11.3 Å². The fourth-order valence-electron chi connectivity index (χ4n) is 3.69. The van der Waals surface area contributed by atoms with Crippen LogP contribution in [0.5, 0.6) is 0 Å². The molecule has 194 valence electrons. The van der Waals surface area contributed by atoms with Crippen LogP contribution in [0.3, 0.4) is 0 Å². The summed E-state index contributed by atoms with van der Waals surface area (Å²) < 4.78 is 45.4. The number of hydrogen-bond acceptors (Lipinski definition) is 5. The van der Waals surface area contributed by atoms with Crippen LogP contribution < -0.4 is 10.7 Å². The molecule has 4 rings (SSSR count). The number of fused-ring (bicyclic) bond motifs is 1. The van der Waals surface area contributed by atoms with E-state index in [0.29, 0.717) is 25.7 Å². The summed E-state index contributed by atoms with van der Waals surface area (Å²) in [6.45, 7) is 0.171. The van der Waals surface area contributed by atoms with Crippen molar-refractivity contribution in [3.63, 3.8) is 0 Å². The Morgan fingerprint density at radius 2 is 1.84 bits per heavy atom. The first kappa shape index (κ1) is 26.9. The highest BCUT2D eigenvalue weighted by Gasteiger charge is 2.30. The number of hydrogen-bond donors (Lipinski definition) is 2. The lowest BCUT2D eigenvalue weighted by Gasteiger charge is -2.13. The minimum Gasteiger partial charge on any atom is -0.386 e. The fraction of sp³-hybridized carbons (Fsp3) is 0.231. The van der Waals surface area contributed by atoms with E-state index < -0.39 is 29.2 Å². The number of carbonyl (C=O) groups excluding carboxylic acids is 1. The van der Waals surface area contributed by atoms with Gasteiger partial charge in [-0.25, -0.2) is 0 Å². The molecule has 0 radical (unpaired) electrons. The molecule has 0 aliphatic carbocycles. The van der Waals surface area contributed by atoms with Gasteiger partial charge in [-0.05, 0) is 41.5 Å². The van der Waals surface area contributed by atoms with Crippen molar-refractivity contribution in [1.82, 2.24) is 9.88 Å². The fourth-order valence-corrected chi connectivity index (χ4v) is 4.84. The van der Waals surface area contributed by atoms with Gasteiger partial charge in [0.15, 0.2) is 0 Å². The van der Waals surface area contributed by atoms with E-state index in [-0.39, 0.29) is 25.3 Å². The van der Waals surface area contributed by atoms with E-state index in [4.69, 9.17) is 16.3 Å². The standard InChI is InChI=1S/C26H22ClF3N2O4S/c1-32-12-21(24(35)31-11-15-2-8-18(27)9-3-15)23(34)20-10-19(37-25(20)32)13-36-14-22(33)16-4-6-17(7-5-16)26(28,29)30/h2-10,12,22,33H,11,13-14H2,1H3,(H,31,35). The average molecular weight is 551 g/mol. The number of aromatic nitrogens is 1. The highest BCUT2D eigenvalue weighted by molar-refractivity contribution is 7.18. The molecule has 37 heavy (non-hydrogen) atoms. The summed E-state index contributed by atoms with van der Waals surface area (Å²) in [4.78, 5) is 27.1. The number of halogens is 4. The van der Waals surface area contributed by atoms with Gasteiger partial charge in [-0.3, -0.25) is 9.59 Å². The number of alkyl halides is 3. The quantitative estimate of drug-likeness (QED) is 0.306. The molecule has 11 heteroatoms. The summed E-state index contributed by atoms with van der Waals surface area (Å²) in [5.41, 5.74) is -0.0640. The molecule has 0 fully saturated rings. The molecule has 6 nitrogen and oxygen atoms in total. The summed E-state index contributed by atoms with van der Waals surface area (Å²) in [5.74, 6) is -0.499. The largest absolute Gasteiger partial charge is 0.416 e. The third kappa shape index (κ3) is 6.40. The summed E-state index contributed by atoms with van der Waals surface area (Å²) in [5, 5.41) is 14.0. The van der Waals surface area contributed by atoms with Crippen LogP contribution in [0.1, 0.15) is 38.0 Å². The number of amides is 1. The first-order chi connectivity index (χ1) is 17.5. The number of aliphatic hydroxyl groups is 1. The SMILES string of the molecule is Cn1cc(C(=O)NCc2ccc(Cl)cc2)c(=O)c2cc(COCC(O)c3ccc(C(F)(F)F)cc3)sc21. The van der Waals surface area contributed by atoms with E-state index in [0.717, 1.165) is 17.7 Å². The first-order valence-electron chi connectivity index (χ1n) is 11.1. The number of nitrogens with one attached hydrogen (secondary N) is 1. The van der Waals surface area contributed by atoms with Crippen molar-refractivity contribution in [1.29, 1.82) is 0 Å². The highest BCUT2D eigenvalue weighted by Crippen LogP contribution is 2.30. The summed E-state index contributed by atoms with van der Waals surface area (Å²) in [7, 11) is 1.73. The van der Waals surface area contributed by atoms with E-state index in [1.807, 2.05) is 0 Å². The number of aryl methyl sites for hydroxylation is 1. The Kier molecular flexibility index (Phi) is 8.03. The van der Waals surface area contributed by atoms with Crippen LogP contribution in [0.2, 0.25) is 5.02 Å². The second-order valence-corrected chi connectivity index (χ2v) is 9.93. The van der Waals surface area contributed by atoms with Gasteiger partial charge in [-0.1, -0.05) is 35.9 Å². The van der Waals surface area contributed by atoms with Gasteiger partial charge < -0.3 is 19.7 Å². The number of ether oxygens (including phenoxy) is 1. The number of aliphatic hydroxyl groups excluding tert-OH is 1. The molecular weight excluding hydrogens is 529 g/mol. The summed E-state index contributed by atoms with van der Waals surface area (Å²) in [6.07, 6.45) is -4.08. The molecule has 0 aliphatic rings. The third-order valence-electron chi connectivity index (χ3n) is 5.65. The molecule has 4 aromatic rings. The zero-order valence-electron chi connectivity index (χ0n) is 19.5. The van der Waals surface area contributed by atoms with Crippen molar-refractivity contribution in [2.75, 3.05) is 6.61 Å². The van der Waals surface area contributed by atoms with Gasteiger partial charge in [0.2, 0.25) is 5.43 Å². The van der Waals surface area contributed by atoms with Crippen LogP contribution in [0.4, 0.5) is 13.2 Å². The summed E-state index contributed by atoms with van der Waals surface area (Å²) in [6, 6.07) is 12.9. The average Bonchev–Trinajstić information content (AvgIpc) is 3.30. The van der Waals surface area contributed by atoms with Crippen molar-refractivity contribution < 1.29 is 27.8 Å². The predicted molar refractivity (Wildman–Crippen MR) is 136 cm³/mol. The van der Waals surface area contributed by atoms with Crippen LogP contribution in [-0.4, -0.2) is 22.2 Å². The Morgan fingerprint density at radius 3 is 2.49 bits per heavy atom. The molecule has 1 atom stereocenters. The second kappa shape index (κ2) is 11.1. The van der Waals surface area contributed by atoms with Crippen LogP contribution in [0, 0.1) is 0 Å². The lowest BCUT2D eigenvalue weighted by molar-refractivity contribution is -0.137. The zero-order chi connectivity index (χ0) is 26.7. The maximum atomic E-state index is 13.0. The van der Waals surface area contributed by atoms with Crippen LogP contribution in [0.15, 0.2) is 65.6 Å². The third-order valence-corrected chi connectivity index (χ3v) is 7.10. The van der Waals surface area contributed by atoms with Crippen molar-refractivity contribution >= 4 is 39.1 Å². The molecule has 2 N–H and O–H groups in total. The van der Waals surface area contributed by atoms with Crippen LogP contribution >= 0.6 is 22.9 Å². The van der Waals surface area contributed by atoms with E-state index in [2.05, 4.69) is 5.32 Å². The maximum absolute atomic E-state index is 13.0. The Hall–Kier alpha value is -3.18. The molecule has 1 amide bonds. The van der Waals surface area contributed by atoms with E-state index in [1.54, 1.807) is 41.9 Å². The molecule has 0 spiro atoms. The number of thiophene rings is 1. The van der Waals surface area contributed by atoms with Crippen molar-refractivity contribution in [2.24, 2.45) is 7.05 Å². The van der Waals surface area contributed by atoms with Gasteiger partial charge in [-0.2, -0.15) is 13.2 Å². The topological polar surface area (TPSA) is 80.6 Å². The molecule has 0 bridgehead atoms. The molecule has 0 aliphatic heterocycles. The number of nitrogens with zero attached hydrogens (tertiary/aromatic N) is 1. The Balaban J connectivity index is 1.40. The second-order valence-electron chi connectivity index (χ2n) is 8.37. The number of carbonyl (C=O) groups is 1. The molecule has 0 saturated carbocycles. The number of benzene rings is 2. The van der Waals surface area contributed by atoms with E-state index in [9.17, 15) is 27.9 Å². The van der Waals surface area contributed by atoms with Gasteiger partial charge in [0.05, 0.1) is 24.2 Å². The Morgan fingerprint density at radius 1 is 1.16 bits per heavy atom. The Bertz CT molecular complexity index is 1460. The van der Waals surface area contributed by atoms with Gasteiger partial charge in [0, 0.05) is 29.7 Å². The smallest absolute Gasteiger partial charge is 0.386 e. The minimum atomic E-state index is -4.45. The predicted octanol–water partition coefficient (Wildman–Crippen LogP) is 5.45. The highest BCUT2D eigenvalue weighted by atomic mass is 35.5. The molecular formula is C26H22ClF3N2O4S. The molecule has 2 aromatic heterocycles. The monoisotopic (exact) mass is 550 g/mol. The van der Waals surface area contributed by atoms with Crippen LogP contribution in [-0.2, 0) is 31.1 Å². The van der Waals surface area contributed by atoms with Gasteiger partial charge >= 0.3 is 6.18 Å².